The maximum Gasteiger partial charge on any atom is -0.0398 e. The Morgan fingerprint density at radius 1 is 0.889 bits per heavy atom. The van der Waals surface area contributed by atoms with Crippen LogP contribution in [0.15, 0.2) is 30.3 Å². The standard InChI is InChI=1S/C7H8.C2H6/c1-7-5-3-2-4-6-7;1-2/h2-6H,1H3;1-2H3. The molecule has 1 rings (SSSR count). The topological polar surface area (TPSA) is 0 Å². The normalized spacial score (nSPS) is 7.44. The highest BCUT2D eigenvalue weighted by atomic mass is 13.8. The maximum absolute atomic E-state index is 2.08. The molecule has 1 aromatic carbocycles. The molecular weight excluding hydrogens is 108 g/mol. The fourth-order valence-electron chi connectivity index (χ4n) is 0.534. The lowest BCUT2D eigenvalue weighted by Gasteiger charge is -1.82. The van der Waals surface area contributed by atoms with Crippen LogP contribution in [0.2, 0.25) is 0 Å². The van der Waals surface area contributed by atoms with E-state index >= 15 is 0 Å². The number of aryl methyl sites for hydroxylation is 1. The fraction of sp³-hybridized carbons (Fsp3) is 0.333. The van der Waals surface area contributed by atoms with E-state index in [1.54, 1.807) is 0 Å². The highest BCUT2D eigenvalue weighted by Crippen LogP contribution is 1.92. The largest absolute Gasteiger partial charge is 0.0683 e. The van der Waals surface area contributed by atoms with Crippen LogP contribution in [0.25, 0.3) is 0 Å². The quantitative estimate of drug-likeness (QED) is 0.496. The molecule has 0 aromatic heterocycles. The van der Waals surface area contributed by atoms with E-state index < -0.39 is 0 Å². The number of rotatable bonds is 0. The van der Waals surface area contributed by atoms with E-state index in [0.717, 1.165) is 0 Å². The van der Waals surface area contributed by atoms with E-state index in [1.165, 1.54) is 5.56 Å². The summed E-state index contributed by atoms with van der Waals surface area (Å²) >= 11 is 0. The SMILES string of the molecule is CC.Cc1ccccc1. The first-order valence-electron chi connectivity index (χ1n) is 3.41. The van der Waals surface area contributed by atoms with Crippen LogP contribution in [0.3, 0.4) is 0 Å². The lowest BCUT2D eigenvalue weighted by Crippen LogP contribution is -1.62. The van der Waals surface area contributed by atoms with Crippen LogP contribution in [0, 0.1) is 6.92 Å². The number of hydrogen-bond donors (Lipinski definition) is 0. The Hall–Kier alpha value is -0.780. The van der Waals surface area contributed by atoms with Crippen molar-refractivity contribution in [2.45, 2.75) is 20.8 Å². The van der Waals surface area contributed by atoms with E-state index in [4.69, 9.17) is 0 Å². The molecule has 0 unspecified atom stereocenters. The van der Waals surface area contributed by atoms with E-state index in [9.17, 15) is 0 Å². The molecule has 0 aliphatic heterocycles. The van der Waals surface area contributed by atoms with Crippen molar-refractivity contribution in [3.63, 3.8) is 0 Å². The molecule has 0 N–H and O–H groups in total. The van der Waals surface area contributed by atoms with Crippen molar-refractivity contribution >= 4 is 0 Å². The molecule has 0 aliphatic rings. The molecule has 50 valence electrons. The summed E-state index contributed by atoms with van der Waals surface area (Å²) in [5.41, 5.74) is 1.32. The Bertz CT molecular complexity index is 130. The van der Waals surface area contributed by atoms with Gasteiger partial charge in [-0.2, -0.15) is 0 Å². The van der Waals surface area contributed by atoms with Gasteiger partial charge >= 0.3 is 0 Å². The van der Waals surface area contributed by atoms with Crippen LogP contribution in [-0.4, -0.2) is 0 Å². The van der Waals surface area contributed by atoms with Gasteiger partial charge in [-0.3, -0.25) is 0 Å². The Morgan fingerprint density at radius 3 is 1.56 bits per heavy atom. The zero-order valence-electron chi connectivity index (χ0n) is 6.39. The van der Waals surface area contributed by atoms with Crippen LogP contribution in [0.5, 0.6) is 0 Å². The first kappa shape index (κ1) is 8.22. The summed E-state index contributed by atoms with van der Waals surface area (Å²) in [4.78, 5) is 0. The van der Waals surface area contributed by atoms with Gasteiger partial charge in [-0.1, -0.05) is 49.7 Å². The van der Waals surface area contributed by atoms with Crippen LogP contribution < -0.4 is 0 Å². The predicted octanol–water partition coefficient (Wildman–Crippen LogP) is 3.02. The zero-order chi connectivity index (χ0) is 7.11. The Balaban J connectivity index is 0.000000291. The second kappa shape index (κ2) is 5.36. The summed E-state index contributed by atoms with van der Waals surface area (Å²) in [6, 6.07) is 10.3. The summed E-state index contributed by atoms with van der Waals surface area (Å²) in [6.45, 7) is 6.08. The Labute approximate surface area is 57.5 Å². The zero-order valence-corrected chi connectivity index (χ0v) is 6.39. The van der Waals surface area contributed by atoms with E-state index in [2.05, 4.69) is 19.1 Å². The second-order valence-electron chi connectivity index (χ2n) is 1.65. The minimum atomic E-state index is 1.32. The molecule has 0 nitrogen and oxygen atoms in total. The van der Waals surface area contributed by atoms with Crippen molar-refractivity contribution in [3.05, 3.63) is 35.9 Å². The molecule has 9 heavy (non-hydrogen) atoms. The molecule has 0 fully saturated rings. The van der Waals surface area contributed by atoms with Crippen molar-refractivity contribution in [2.24, 2.45) is 0 Å². The first-order chi connectivity index (χ1) is 4.39. The monoisotopic (exact) mass is 122 g/mol. The molecule has 0 radical (unpaired) electrons. The molecule has 0 saturated carbocycles. The third kappa shape index (κ3) is 3.77. The third-order valence-electron chi connectivity index (χ3n) is 0.940. The number of hydrogen-bond acceptors (Lipinski definition) is 0. The van der Waals surface area contributed by atoms with Gasteiger partial charge in [-0.25, -0.2) is 0 Å². The molecule has 0 heterocycles. The van der Waals surface area contributed by atoms with Crippen molar-refractivity contribution in [3.8, 4) is 0 Å². The summed E-state index contributed by atoms with van der Waals surface area (Å²) in [7, 11) is 0. The van der Waals surface area contributed by atoms with Crippen molar-refractivity contribution in [2.75, 3.05) is 0 Å². The molecule has 0 heteroatoms. The average Bonchev–Trinajstić information content (AvgIpc) is 1.94. The fourth-order valence-corrected chi connectivity index (χ4v) is 0.534. The Kier molecular flexibility index (Phi) is 4.89. The first-order valence-corrected chi connectivity index (χ1v) is 3.41. The molecule has 0 spiro atoms. The highest BCUT2D eigenvalue weighted by molar-refractivity contribution is 5.11. The van der Waals surface area contributed by atoms with Gasteiger partial charge in [0.05, 0.1) is 0 Å². The second-order valence-corrected chi connectivity index (χ2v) is 1.65. The Morgan fingerprint density at radius 2 is 1.33 bits per heavy atom. The smallest absolute Gasteiger partial charge is 0.0398 e. The van der Waals surface area contributed by atoms with Crippen LogP contribution in [0.1, 0.15) is 19.4 Å². The van der Waals surface area contributed by atoms with Gasteiger partial charge in [-0.05, 0) is 6.92 Å². The van der Waals surface area contributed by atoms with Gasteiger partial charge < -0.3 is 0 Å². The highest BCUT2D eigenvalue weighted by Gasteiger charge is 1.72. The van der Waals surface area contributed by atoms with Gasteiger partial charge in [0, 0.05) is 0 Å². The van der Waals surface area contributed by atoms with E-state index in [0.29, 0.717) is 0 Å². The molecule has 0 saturated heterocycles. The van der Waals surface area contributed by atoms with Gasteiger partial charge in [0.15, 0.2) is 0 Å². The van der Waals surface area contributed by atoms with E-state index in [1.807, 2.05) is 32.0 Å². The summed E-state index contributed by atoms with van der Waals surface area (Å²) < 4.78 is 0. The predicted molar refractivity (Wildman–Crippen MR) is 42.5 cm³/mol. The lowest BCUT2D eigenvalue weighted by atomic mass is 10.2. The minimum Gasteiger partial charge on any atom is -0.0683 e. The van der Waals surface area contributed by atoms with Crippen LogP contribution in [0.4, 0.5) is 0 Å². The van der Waals surface area contributed by atoms with Crippen molar-refractivity contribution < 1.29 is 0 Å². The molecule has 0 bridgehead atoms. The van der Waals surface area contributed by atoms with E-state index in [-0.39, 0.29) is 0 Å². The third-order valence-corrected chi connectivity index (χ3v) is 0.940. The van der Waals surface area contributed by atoms with Gasteiger partial charge in [0.1, 0.15) is 0 Å². The van der Waals surface area contributed by atoms with Crippen molar-refractivity contribution in [1.29, 1.82) is 0 Å². The summed E-state index contributed by atoms with van der Waals surface area (Å²) in [6.07, 6.45) is 0. The molecule has 1 aromatic rings. The summed E-state index contributed by atoms with van der Waals surface area (Å²) in [5.74, 6) is 0. The maximum atomic E-state index is 2.08. The van der Waals surface area contributed by atoms with Crippen LogP contribution >= 0.6 is 0 Å². The van der Waals surface area contributed by atoms with Gasteiger partial charge in [-0.15, -0.1) is 0 Å². The van der Waals surface area contributed by atoms with Gasteiger partial charge in [0.25, 0.3) is 0 Å². The molecular formula is C9H14. The molecule has 0 atom stereocenters. The number of benzene rings is 1. The average molecular weight is 122 g/mol. The van der Waals surface area contributed by atoms with Crippen LogP contribution in [-0.2, 0) is 0 Å². The van der Waals surface area contributed by atoms with Gasteiger partial charge in [0.2, 0.25) is 0 Å². The molecule has 0 aliphatic carbocycles. The minimum absolute atomic E-state index is 1.32. The summed E-state index contributed by atoms with van der Waals surface area (Å²) in [5, 5.41) is 0. The molecule has 0 amide bonds. The lowest BCUT2D eigenvalue weighted by molar-refractivity contribution is 1.48. The van der Waals surface area contributed by atoms with Crippen molar-refractivity contribution in [1.82, 2.24) is 0 Å².